The third-order valence-corrected chi connectivity index (χ3v) is 7.05. The summed E-state index contributed by atoms with van der Waals surface area (Å²) in [5.41, 5.74) is -1.67. The number of rotatable bonds is 4. The average molecular weight is 486 g/mol. The van der Waals surface area contributed by atoms with Gasteiger partial charge in [0, 0.05) is 34.2 Å². The quantitative estimate of drug-likeness (QED) is 0.622. The molecule has 2 N–H and O–H groups in total. The molecule has 35 heavy (non-hydrogen) atoms. The number of hydrogen-bond donors (Lipinski definition) is 2. The maximum absolute atomic E-state index is 13.2. The number of aromatic nitrogens is 2. The zero-order valence-corrected chi connectivity index (χ0v) is 19.9. The van der Waals surface area contributed by atoms with Gasteiger partial charge in [0.25, 0.3) is 11.5 Å². The van der Waals surface area contributed by atoms with E-state index < -0.39 is 46.1 Å². The Bertz CT molecular complexity index is 1230. The van der Waals surface area contributed by atoms with Gasteiger partial charge in [-0.25, -0.2) is 9.37 Å². The Morgan fingerprint density at radius 3 is 2.37 bits per heavy atom. The second-order valence-electron chi connectivity index (χ2n) is 9.40. The van der Waals surface area contributed by atoms with E-state index in [1.54, 1.807) is 0 Å². The summed E-state index contributed by atoms with van der Waals surface area (Å²) < 4.78 is 14.5. The maximum Gasteiger partial charge on any atom is 0.312 e. The number of carbonyl (C=O) groups excluding carboxylic acids is 3. The minimum Gasteiger partial charge on any atom is -0.501 e. The molecule has 1 aromatic heterocycles. The van der Waals surface area contributed by atoms with Gasteiger partial charge in [-0.05, 0) is 49.3 Å². The number of amides is 3. The fraction of sp³-hybridized carbons (Fsp3) is 0.458. The second-order valence-corrected chi connectivity index (χ2v) is 9.40. The number of aromatic hydroxyl groups is 1. The van der Waals surface area contributed by atoms with Crippen LogP contribution < -0.4 is 10.9 Å². The van der Waals surface area contributed by atoms with Gasteiger partial charge in [0.05, 0.1) is 0 Å². The minimum absolute atomic E-state index is 0.0294. The lowest BCUT2D eigenvalue weighted by atomic mass is 9.76. The summed E-state index contributed by atoms with van der Waals surface area (Å²) in [5.74, 6) is -3.08. The van der Waals surface area contributed by atoms with Crippen LogP contribution in [0.5, 0.6) is 5.75 Å². The first-order valence-corrected chi connectivity index (χ1v) is 11.4. The van der Waals surface area contributed by atoms with Gasteiger partial charge in [-0.1, -0.05) is 12.1 Å². The third kappa shape index (κ3) is 4.26. The van der Waals surface area contributed by atoms with Crippen molar-refractivity contribution in [3.63, 3.8) is 0 Å². The topological polar surface area (TPSA) is 125 Å². The molecule has 0 atom stereocenters. The highest BCUT2D eigenvalue weighted by molar-refractivity contribution is 6.34. The van der Waals surface area contributed by atoms with E-state index in [2.05, 4.69) is 10.3 Å². The molecule has 3 amide bonds. The van der Waals surface area contributed by atoms with Gasteiger partial charge < -0.3 is 20.2 Å². The van der Waals surface area contributed by atoms with E-state index in [0.29, 0.717) is 37.8 Å². The van der Waals surface area contributed by atoms with Crippen molar-refractivity contribution in [1.29, 1.82) is 0 Å². The van der Waals surface area contributed by atoms with E-state index in [0.717, 1.165) is 0 Å². The molecule has 3 heterocycles. The summed E-state index contributed by atoms with van der Waals surface area (Å²) in [6, 6.07) is 5.53. The van der Waals surface area contributed by atoms with E-state index in [4.69, 9.17) is 0 Å². The van der Waals surface area contributed by atoms with Crippen LogP contribution in [0.1, 0.15) is 47.6 Å². The molecule has 11 heteroatoms. The lowest BCUT2D eigenvalue weighted by Crippen LogP contribution is -2.54. The number of likely N-dealkylation sites (N-methyl/N-ethyl adjacent to an activating group) is 2. The smallest absolute Gasteiger partial charge is 0.312 e. The van der Waals surface area contributed by atoms with E-state index in [9.17, 15) is 28.7 Å². The van der Waals surface area contributed by atoms with Crippen LogP contribution >= 0.6 is 0 Å². The van der Waals surface area contributed by atoms with Gasteiger partial charge in [0.2, 0.25) is 5.75 Å². The second kappa shape index (κ2) is 9.12. The Kier molecular flexibility index (Phi) is 6.35. The Hall–Kier alpha value is -3.76. The zero-order chi connectivity index (χ0) is 25.5. The highest BCUT2D eigenvalue weighted by Crippen LogP contribution is 2.46. The number of benzene rings is 1. The maximum atomic E-state index is 13.2. The largest absolute Gasteiger partial charge is 0.501 e. The van der Waals surface area contributed by atoms with Crippen LogP contribution in [0.15, 0.2) is 29.1 Å². The van der Waals surface area contributed by atoms with Crippen LogP contribution in [0.3, 0.4) is 0 Å². The number of hydrogen-bond acceptors (Lipinski definition) is 6. The molecule has 1 aromatic carbocycles. The molecule has 5 rings (SSSR count). The number of fused-ring (bicyclic) bond motifs is 2. The number of nitrogens with one attached hydrogen (secondary N) is 1. The van der Waals surface area contributed by atoms with Crippen LogP contribution in [-0.4, -0.2) is 63.3 Å². The van der Waals surface area contributed by atoms with Gasteiger partial charge in [0.1, 0.15) is 17.2 Å². The molecule has 186 valence electrons. The number of carbonyl (C=O) groups is 3. The standard InChI is InChI=1S/C24H28FN5O5/c1-28(2)21(34)22(35)29(3)24-10-8-15(9-11-24)13-30-20(33)18(31)17(27-23(24)30)19(32)26-12-14-4-6-16(25)7-5-14/h4-7,15,31H,8-13H2,1-3H3,(H,26,32). The van der Waals surface area contributed by atoms with E-state index in [-0.39, 0.29) is 18.3 Å². The predicted octanol–water partition coefficient (Wildman–Crippen LogP) is 0.964. The van der Waals surface area contributed by atoms with Crippen molar-refractivity contribution in [2.75, 3.05) is 21.1 Å². The molecule has 2 aliphatic heterocycles. The monoisotopic (exact) mass is 485 g/mol. The lowest BCUT2D eigenvalue weighted by Gasteiger charge is -2.43. The molecule has 1 saturated carbocycles. The van der Waals surface area contributed by atoms with E-state index >= 15 is 0 Å². The third-order valence-electron chi connectivity index (χ3n) is 7.05. The van der Waals surface area contributed by atoms with Crippen molar-refractivity contribution in [3.05, 3.63) is 57.5 Å². The van der Waals surface area contributed by atoms with Gasteiger partial charge >= 0.3 is 11.8 Å². The molecular formula is C24H28FN5O5. The first-order chi connectivity index (χ1) is 16.5. The molecule has 2 bridgehead atoms. The molecule has 10 nitrogen and oxygen atoms in total. The molecule has 1 aliphatic carbocycles. The highest BCUT2D eigenvalue weighted by atomic mass is 19.1. The summed E-state index contributed by atoms with van der Waals surface area (Å²) >= 11 is 0. The van der Waals surface area contributed by atoms with Crippen LogP contribution in [0.4, 0.5) is 4.39 Å². The van der Waals surface area contributed by atoms with Crippen molar-refractivity contribution in [3.8, 4) is 5.75 Å². The van der Waals surface area contributed by atoms with Crippen LogP contribution in [0, 0.1) is 11.7 Å². The first kappa shape index (κ1) is 24.4. The molecule has 1 fully saturated rings. The summed E-state index contributed by atoms with van der Waals surface area (Å²) in [6.45, 7) is 0.333. The molecular weight excluding hydrogens is 457 g/mol. The number of nitrogens with zero attached hydrogens (tertiary/aromatic N) is 4. The highest BCUT2D eigenvalue weighted by Gasteiger charge is 2.50. The van der Waals surface area contributed by atoms with Gasteiger partial charge in [-0.3, -0.25) is 23.7 Å². The Labute approximate surface area is 201 Å². The molecule has 2 aromatic rings. The van der Waals surface area contributed by atoms with E-state index in [1.165, 1.54) is 59.8 Å². The van der Waals surface area contributed by atoms with Crippen LogP contribution in [-0.2, 0) is 28.2 Å². The Balaban J connectivity index is 1.74. The minimum atomic E-state index is -1.07. The van der Waals surface area contributed by atoms with Gasteiger partial charge in [-0.2, -0.15) is 0 Å². The first-order valence-electron chi connectivity index (χ1n) is 11.4. The van der Waals surface area contributed by atoms with Crippen molar-refractivity contribution >= 4 is 17.7 Å². The molecule has 0 saturated heterocycles. The summed E-state index contributed by atoms with van der Waals surface area (Å²) in [6.07, 6.45) is 2.33. The number of halogens is 1. The zero-order valence-electron chi connectivity index (χ0n) is 19.9. The van der Waals surface area contributed by atoms with Gasteiger partial charge in [-0.15, -0.1) is 0 Å². The van der Waals surface area contributed by atoms with Crippen molar-refractivity contribution in [1.82, 2.24) is 24.7 Å². The Morgan fingerprint density at radius 1 is 1.14 bits per heavy atom. The predicted molar refractivity (Wildman–Crippen MR) is 123 cm³/mol. The lowest BCUT2D eigenvalue weighted by molar-refractivity contribution is -0.154. The van der Waals surface area contributed by atoms with Crippen molar-refractivity contribution in [2.24, 2.45) is 5.92 Å². The van der Waals surface area contributed by atoms with Crippen LogP contribution in [0.25, 0.3) is 0 Å². The molecule has 0 radical (unpaired) electrons. The fourth-order valence-corrected chi connectivity index (χ4v) is 4.93. The normalized spacial score (nSPS) is 20.5. The summed E-state index contributed by atoms with van der Waals surface area (Å²) in [5, 5.41) is 13.2. The summed E-state index contributed by atoms with van der Waals surface area (Å²) in [4.78, 5) is 58.5. The van der Waals surface area contributed by atoms with Crippen molar-refractivity contribution < 1.29 is 23.9 Å². The molecule has 0 unspecified atom stereocenters. The molecule has 0 spiro atoms. The SMILES string of the molecule is CN(C)C(=O)C(=O)N(C)C12CCC(CC1)Cn1c2nc(C(=O)NCc2ccc(F)cc2)c(O)c1=O. The summed E-state index contributed by atoms with van der Waals surface area (Å²) in [7, 11) is 4.47. The van der Waals surface area contributed by atoms with E-state index in [1.807, 2.05) is 0 Å². The Morgan fingerprint density at radius 2 is 1.77 bits per heavy atom. The average Bonchev–Trinajstić information content (AvgIpc) is 3.11. The van der Waals surface area contributed by atoms with Crippen molar-refractivity contribution in [2.45, 2.75) is 44.3 Å². The fourth-order valence-electron chi connectivity index (χ4n) is 4.93. The van der Waals surface area contributed by atoms with Gasteiger partial charge in [0.15, 0.2) is 5.69 Å². The van der Waals surface area contributed by atoms with Crippen LogP contribution in [0.2, 0.25) is 0 Å². The molecule has 3 aliphatic rings.